The van der Waals surface area contributed by atoms with Gasteiger partial charge >= 0.3 is 0 Å². The molecule has 2 saturated heterocycles. The van der Waals surface area contributed by atoms with Gasteiger partial charge in [-0.3, -0.25) is 4.99 Å². The van der Waals surface area contributed by atoms with Gasteiger partial charge in [0.05, 0.1) is 10.5 Å². The standard InChI is InChI=1S/C20H32N4O3S/c1-20(10-7-13-27-20)16-23-19(21-2)22-15-17-8-6-9-18(14-17)28(25,26)24-11-4-3-5-12-24/h6,8-9,14H,3-5,7,10-13,15-16H2,1-2H3,(H2,21,22,23). The fraction of sp³-hybridized carbons (Fsp3) is 0.650. The molecule has 28 heavy (non-hydrogen) atoms. The Labute approximate surface area is 168 Å². The molecule has 0 amide bonds. The number of rotatable bonds is 6. The van der Waals surface area contributed by atoms with Crippen molar-refractivity contribution in [2.75, 3.05) is 33.3 Å². The summed E-state index contributed by atoms with van der Waals surface area (Å²) >= 11 is 0. The minimum atomic E-state index is -3.41. The quantitative estimate of drug-likeness (QED) is 0.556. The maximum atomic E-state index is 12.9. The summed E-state index contributed by atoms with van der Waals surface area (Å²) in [5, 5.41) is 6.57. The van der Waals surface area contributed by atoms with Gasteiger partial charge in [-0.1, -0.05) is 18.6 Å². The van der Waals surface area contributed by atoms with E-state index in [1.165, 1.54) is 0 Å². The van der Waals surface area contributed by atoms with Crippen molar-refractivity contribution in [3.05, 3.63) is 29.8 Å². The van der Waals surface area contributed by atoms with Crippen LogP contribution in [0.15, 0.2) is 34.2 Å². The van der Waals surface area contributed by atoms with Crippen molar-refractivity contribution >= 4 is 16.0 Å². The number of hydrogen-bond acceptors (Lipinski definition) is 4. The van der Waals surface area contributed by atoms with Crippen molar-refractivity contribution in [1.82, 2.24) is 14.9 Å². The van der Waals surface area contributed by atoms with E-state index in [9.17, 15) is 8.42 Å². The van der Waals surface area contributed by atoms with Crippen LogP contribution in [0.5, 0.6) is 0 Å². The van der Waals surface area contributed by atoms with Crippen molar-refractivity contribution < 1.29 is 13.2 Å². The molecule has 2 N–H and O–H groups in total. The van der Waals surface area contributed by atoms with E-state index in [4.69, 9.17) is 4.74 Å². The van der Waals surface area contributed by atoms with Crippen LogP contribution in [0, 0.1) is 0 Å². The van der Waals surface area contributed by atoms with Crippen LogP contribution in [0.1, 0.15) is 44.6 Å². The lowest BCUT2D eigenvalue weighted by Crippen LogP contribution is -2.45. The fourth-order valence-corrected chi connectivity index (χ4v) is 5.31. The van der Waals surface area contributed by atoms with Crippen LogP contribution in [0.2, 0.25) is 0 Å². The van der Waals surface area contributed by atoms with Crippen LogP contribution in [-0.4, -0.2) is 57.6 Å². The van der Waals surface area contributed by atoms with Crippen LogP contribution >= 0.6 is 0 Å². The van der Waals surface area contributed by atoms with Gasteiger partial charge in [-0.05, 0) is 50.3 Å². The van der Waals surface area contributed by atoms with Gasteiger partial charge < -0.3 is 15.4 Å². The first-order valence-corrected chi connectivity index (χ1v) is 11.5. The largest absolute Gasteiger partial charge is 0.373 e. The highest BCUT2D eigenvalue weighted by Gasteiger charge is 2.29. The van der Waals surface area contributed by atoms with E-state index in [-0.39, 0.29) is 5.60 Å². The van der Waals surface area contributed by atoms with E-state index in [1.54, 1.807) is 29.6 Å². The lowest BCUT2D eigenvalue weighted by molar-refractivity contribution is 0.0243. The highest BCUT2D eigenvalue weighted by Crippen LogP contribution is 2.24. The molecule has 1 aromatic rings. The SMILES string of the molecule is CN=C(NCc1cccc(S(=O)(=O)N2CCCCC2)c1)NCC1(C)CCCO1. The van der Waals surface area contributed by atoms with Crippen LogP contribution in [0.4, 0.5) is 0 Å². The molecule has 2 aliphatic heterocycles. The summed E-state index contributed by atoms with van der Waals surface area (Å²) in [5.74, 6) is 0.681. The summed E-state index contributed by atoms with van der Waals surface area (Å²) in [5.41, 5.74) is 0.754. The third kappa shape index (κ3) is 5.24. The molecule has 2 heterocycles. The third-order valence-corrected chi connectivity index (χ3v) is 7.36. The first kappa shape index (κ1) is 21.1. The van der Waals surface area contributed by atoms with E-state index in [0.717, 1.165) is 44.3 Å². The average Bonchev–Trinajstić information content (AvgIpc) is 3.16. The molecule has 8 heteroatoms. The van der Waals surface area contributed by atoms with Gasteiger partial charge in [0.2, 0.25) is 10.0 Å². The van der Waals surface area contributed by atoms with Gasteiger partial charge in [0.15, 0.2) is 5.96 Å². The molecule has 2 aliphatic rings. The van der Waals surface area contributed by atoms with Gasteiger partial charge in [0.1, 0.15) is 0 Å². The van der Waals surface area contributed by atoms with E-state index >= 15 is 0 Å². The fourth-order valence-electron chi connectivity index (χ4n) is 3.72. The summed E-state index contributed by atoms with van der Waals surface area (Å²) in [6.45, 7) is 5.33. The van der Waals surface area contributed by atoms with Gasteiger partial charge in [0.25, 0.3) is 0 Å². The molecular weight excluding hydrogens is 376 g/mol. The molecule has 0 saturated carbocycles. The van der Waals surface area contributed by atoms with Gasteiger partial charge in [0, 0.05) is 39.8 Å². The zero-order valence-electron chi connectivity index (χ0n) is 16.9. The second kappa shape index (κ2) is 9.24. The first-order valence-electron chi connectivity index (χ1n) is 10.1. The number of nitrogens with one attached hydrogen (secondary N) is 2. The second-order valence-electron chi connectivity index (χ2n) is 7.79. The Kier molecular flexibility index (Phi) is 6.95. The summed E-state index contributed by atoms with van der Waals surface area (Å²) in [6.07, 6.45) is 5.10. The predicted molar refractivity (Wildman–Crippen MR) is 111 cm³/mol. The van der Waals surface area contributed by atoms with Crippen molar-refractivity contribution in [1.29, 1.82) is 0 Å². The number of benzene rings is 1. The lowest BCUT2D eigenvalue weighted by atomic mass is 10.0. The van der Waals surface area contributed by atoms with E-state index in [2.05, 4.69) is 22.5 Å². The molecule has 7 nitrogen and oxygen atoms in total. The first-order chi connectivity index (χ1) is 13.4. The second-order valence-corrected chi connectivity index (χ2v) is 9.73. The summed E-state index contributed by atoms with van der Waals surface area (Å²) in [7, 11) is -1.69. The Morgan fingerprint density at radius 1 is 1.21 bits per heavy atom. The minimum Gasteiger partial charge on any atom is -0.373 e. The highest BCUT2D eigenvalue weighted by molar-refractivity contribution is 7.89. The number of piperidine rings is 1. The minimum absolute atomic E-state index is 0.153. The molecule has 2 fully saturated rings. The number of sulfonamides is 1. The molecule has 0 spiro atoms. The Morgan fingerprint density at radius 3 is 2.68 bits per heavy atom. The molecule has 1 aromatic carbocycles. The summed E-state index contributed by atoms with van der Waals surface area (Å²) in [6, 6.07) is 7.17. The summed E-state index contributed by atoms with van der Waals surface area (Å²) in [4.78, 5) is 4.62. The monoisotopic (exact) mass is 408 g/mol. The number of nitrogens with zero attached hydrogens (tertiary/aromatic N) is 2. The average molecular weight is 409 g/mol. The maximum absolute atomic E-state index is 12.9. The van der Waals surface area contributed by atoms with E-state index < -0.39 is 10.0 Å². The topological polar surface area (TPSA) is 83.0 Å². The van der Waals surface area contributed by atoms with Crippen molar-refractivity contribution in [3.63, 3.8) is 0 Å². The molecule has 0 bridgehead atoms. The molecule has 156 valence electrons. The number of ether oxygens (including phenoxy) is 1. The van der Waals surface area contributed by atoms with Gasteiger partial charge in [-0.2, -0.15) is 4.31 Å². The smallest absolute Gasteiger partial charge is 0.243 e. The Bertz CT molecular complexity index is 782. The van der Waals surface area contributed by atoms with Crippen LogP contribution < -0.4 is 10.6 Å². The maximum Gasteiger partial charge on any atom is 0.243 e. The zero-order valence-corrected chi connectivity index (χ0v) is 17.7. The Hall–Kier alpha value is -1.64. The van der Waals surface area contributed by atoms with Crippen LogP contribution in [0.25, 0.3) is 0 Å². The van der Waals surface area contributed by atoms with Crippen molar-refractivity contribution in [3.8, 4) is 0 Å². The molecule has 1 unspecified atom stereocenters. The van der Waals surface area contributed by atoms with Crippen molar-refractivity contribution in [2.24, 2.45) is 4.99 Å². The van der Waals surface area contributed by atoms with Crippen LogP contribution in [0.3, 0.4) is 0 Å². The predicted octanol–water partition coefficient (Wildman–Crippen LogP) is 2.10. The molecule has 0 aliphatic carbocycles. The van der Waals surface area contributed by atoms with E-state index in [1.807, 2.05) is 6.07 Å². The number of hydrogen-bond donors (Lipinski definition) is 2. The van der Waals surface area contributed by atoms with Crippen LogP contribution in [-0.2, 0) is 21.3 Å². The number of aliphatic imine (C=N–C) groups is 1. The lowest BCUT2D eigenvalue weighted by Gasteiger charge is -2.26. The molecule has 0 radical (unpaired) electrons. The van der Waals surface area contributed by atoms with Gasteiger partial charge in [-0.25, -0.2) is 8.42 Å². The molecule has 0 aromatic heterocycles. The number of guanidine groups is 1. The highest BCUT2D eigenvalue weighted by atomic mass is 32.2. The molecule has 3 rings (SSSR count). The van der Waals surface area contributed by atoms with E-state index in [0.29, 0.717) is 37.0 Å². The normalized spacial score (nSPS) is 24.3. The van der Waals surface area contributed by atoms with Gasteiger partial charge in [-0.15, -0.1) is 0 Å². The Balaban J connectivity index is 1.59. The summed E-state index contributed by atoms with van der Waals surface area (Å²) < 4.78 is 33.1. The zero-order chi connectivity index (χ0) is 20.0. The Morgan fingerprint density at radius 2 is 2.00 bits per heavy atom. The molecule has 1 atom stereocenters. The molecular formula is C20H32N4O3S. The van der Waals surface area contributed by atoms with Crippen molar-refractivity contribution in [2.45, 2.75) is 56.1 Å². The third-order valence-electron chi connectivity index (χ3n) is 5.47.